The summed E-state index contributed by atoms with van der Waals surface area (Å²) in [4.78, 5) is 74.2. The van der Waals surface area contributed by atoms with Crippen LogP contribution in [0.5, 0.6) is 0 Å². The number of unbranched alkanes of at least 4 members (excludes halogenated alkanes) is 2. The van der Waals surface area contributed by atoms with Crippen LogP contribution in [0.15, 0.2) is 43.7 Å². The van der Waals surface area contributed by atoms with E-state index in [1.807, 2.05) is 0 Å². The molecule has 0 amide bonds. The Morgan fingerprint density at radius 3 is 1.65 bits per heavy atom. The van der Waals surface area contributed by atoms with Gasteiger partial charge in [-0.05, 0) is 54.4 Å². The monoisotopic (exact) mass is 894 g/mol. The number of aromatic amines is 2. The summed E-state index contributed by atoms with van der Waals surface area (Å²) < 4.78 is 81.4. The summed E-state index contributed by atoms with van der Waals surface area (Å²) in [6, 6.07) is 2.32. The number of carbonyl (C=O) groups excluding carboxylic acids is 2. The van der Waals surface area contributed by atoms with Gasteiger partial charge in [0.05, 0.1) is 43.1 Å². The van der Waals surface area contributed by atoms with Gasteiger partial charge in [0.25, 0.3) is 11.1 Å². The number of phosphoric ester groups is 2. The van der Waals surface area contributed by atoms with E-state index in [0.29, 0.717) is 25.7 Å². The third kappa shape index (κ3) is 11.4. The molecule has 6 N–H and O–H groups in total. The molecule has 4 fully saturated rings. The van der Waals surface area contributed by atoms with Crippen molar-refractivity contribution in [1.29, 1.82) is 0 Å². The minimum absolute atomic E-state index is 0.0929. The molecule has 26 heteroatoms. The summed E-state index contributed by atoms with van der Waals surface area (Å²) in [7, 11) is -7.99. The molecule has 2 aromatic heterocycles. The summed E-state index contributed by atoms with van der Waals surface area (Å²) in [5.74, 6) is -0.978. The molecule has 1 unspecified atom stereocenters. The molecule has 24 nitrogen and oxygen atoms in total. The zero-order valence-electron chi connectivity index (χ0n) is 33.9. The van der Waals surface area contributed by atoms with Gasteiger partial charge in [-0.2, -0.15) is 0 Å². The average molecular weight is 895 g/mol. The highest BCUT2D eigenvalue weighted by molar-refractivity contribution is 7.48. The second-order valence-electron chi connectivity index (χ2n) is 15.4. The van der Waals surface area contributed by atoms with Crippen molar-refractivity contribution in [2.45, 2.75) is 127 Å². The summed E-state index contributed by atoms with van der Waals surface area (Å²) in [6.07, 6.45) is -1.06. The number of aromatic nitrogens is 4. The number of phosphoric acid groups is 2. The third-order valence-electron chi connectivity index (χ3n) is 9.41. The quantitative estimate of drug-likeness (QED) is 0.116. The lowest BCUT2D eigenvalue weighted by molar-refractivity contribution is -0.151. The van der Waals surface area contributed by atoms with E-state index in [0.717, 1.165) is 15.2 Å². The number of nitrogens with one attached hydrogen (secondary N) is 2. The smallest absolute Gasteiger partial charge is 0.463 e. The Morgan fingerprint density at radius 1 is 0.750 bits per heavy atom. The fourth-order valence-electron chi connectivity index (χ4n) is 6.70. The number of hydrogen-bond donors (Lipinski definition) is 4. The average Bonchev–Trinajstić information content (AvgIpc) is 3.55. The molecule has 6 heterocycles. The maximum Gasteiger partial charge on any atom is 0.475 e. The first-order chi connectivity index (χ1) is 28.0. The number of nitrogens with two attached hydrogens (primary N) is 2. The second-order valence-corrected chi connectivity index (χ2v) is 18.6. The van der Waals surface area contributed by atoms with E-state index >= 15 is 0 Å². The Bertz CT molecular complexity index is 2180. The van der Waals surface area contributed by atoms with E-state index in [2.05, 4.69) is 9.97 Å². The van der Waals surface area contributed by atoms with Gasteiger partial charge >= 0.3 is 39.0 Å². The number of nitrogens with zero attached hydrogens (tertiary/aromatic N) is 2. The Morgan fingerprint density at radius 2 is 1.20 bits per heavy atom. The van der Waals surface area contributed by atoms with Crippen molar-refractivity contribution in [3.8, 4) is 0 Å². The van der Waals surface area contributed by atoms with Crippen molar-refractivity contribution in [1.82, 2.24) is 19.1 Å². The van der Waals surface area contributed by atoms with Crippen LogP contribution in [-0.2, 0) is 64.8 Å². The Hall–Kier alpha value is -3.64. The van der Waals surface area contributed by atoms with Crippen LogP contribution >= 0.6 is 15.6 Å². The lowest BCUT2D eigenvalue weighted by Crippen LogP contribution is -2.55. The van der Waals surface area contributed by atoms with Gasteiger partial charge in [-0.15, -0.1) is 0 Å². The third-order valence-corrected chi connectivity index (χ3v) is 12.3. The lowest BCUT2D eigenvalue weighted by Gasteiger charge is -2.35. The van der Waals surface area contributed by atoms with Crippen molar-refractivity contribution >= 4 is 27.6 Å². The van der Waals surface area contributed by atoms with E-state index in [4.69, 9.17) is 57.6 Å². The Kier molecular flexibility index (Phi) is 15.2. The molecule has 0 spiro atoms. The first-order valence-electron chi connectivity index (χ1n) is 19.1. The van der Waals surface area contributed by atoms with Gasteiger partial charge in [0.15, 0.2) is 19.1 Å². The molecule has 2 aromatic rings. The van der Waals surface area contributed by atoms with Gasteiger partial charge in [-0.25, -0.2) is 23.5 Å². The largest absolute Gasteiger partial charge is 0.475 e. The molecule has 0 radical (unpaired) electrons. The van der Waals surface area contributed by atoms with Crippen molar-refractivity contribution < 1.29 is 64.8 Å². The molecule has 4 aliphatic rings. The first kappa shape index (κ1) is 47.4. The highest BCUT2D eigenvalue weighted by Crippen LogP contribution is 2.59. The van der Waals surface area contributed by atoms with Crippen LogP contribution in [0.4, 0.5) is 0 Å². The summed E-state index contributed by atoms with van der Waals surface area (Å²) in [5.41, 5.74) is 7.65. The van der Waals surface area contributed by atoms with E-state index in [1.54, 1.807) is 41.5 Å². The molecule has 4 aliphatic heterocycles. The summed E-state index contributed by atoms with van der Waals surface area (Å²) >= 11 is 0. The fourth-order valence-corrected chi connectivity index (χ4v) is 9.65. The van der Waals surface area contributed by atoms with E-state index in [-0.39, 0.29) is 38.0 Å². The molecular weight excluding hydrogens is 842 g/mol. The van der Waals surface area contributed by atoms with Gasteiger partial charge in [0.1, 0.15) is 24.4 Å². The minimum atomic E-state index is -4.10. The van der Waals surface area contributed by atoms with E-state index in [9.17, 15) is 37.9 Å². The lowest BCUT2D eigenvalue weighted by atomic mass is 9.93. The first-order valence-corrected chi connectivity index (χ1v) is 22.0. The Balaban J connectivity index is 0.000000230. The summed E-state index contributed by atoms with van der Waals surface area (Å²) in [6.45, 7) is 9.25. The van der Waals surface area contributed by atoms with Gasteiger partial charge in [0, 0.05) is 30.9 Å². The maximum absolute atomic E-state index is 12.9. The molecule has 4 saturated heterocycles. The fraction of sp³-hybridized carbons (Fsp3) is 0.706. The predicted molar refractivity (Wildman–Crippen MR) is 205 cm³/mol. The van der Waals surface area contributed by atoms with Crippen LogP contribution in [-0.4, -0.2) is 105 Å². The zero-order chi connectivity index (χ0) is 44.2. The predicted octanol–water partition coefficient (Wildman–Crippen LogP) is 0.847. The van der Waals surface area contributed by atoms with Gasteiger partial charge in [0.2, 0.25) is 0 Å². The van der Waals surface area contributed by atoms with Gasteiger partial charge in [-0.3, -0.25) is 60.6 Å². The number of esters is 2. The van der Waals surface area contributed by atoms with E-state index in [1.165, 1.54) is 18.5 Å². The number of rotatable bonds is 14. The number of fused-ring (bicyclic) bond motifs is 2. The second kappa shape index (κ2) is 19.2. The molecule has 0 aliphatic carbocycles. The number of ether oxygens (including phenoxy) is 4. The minimum Gasteiger partial charge on any atom is -0.463 e. The van der Waals surface area contributed by atoms with Crippen molar-refractivity contribution in [2.75, 3.05) is 26.4 Å². The van der Waals surface area contributed by atoms with Crippen LogP contribution in [0.2, 0.25) is 0 Å². The molecule has 0 saturated carbocycles. The van der Waals surface area contributed by atoms with Crippen molar-refractivity contribution in [3.63, 3.8) is 0 Å². The number of H-pyrrole nitrogens is 2. The maximum atomic E-state index is 12.9. The van der Waals surface area contributed by atoms with Crippen LogP contribution in [0.3, 0.4) is 0 Å². The normalized spacial score (nSPS) is 33.4. The molecule has 60 heavy (non-hydrogen) atoms. The van der Waals surface area contributed by atoms with Crippen molar-refractivity contribution in [2.24, 2.45) is 11.5 Å². The van der Waals surface area contributed by atoms with Gasteiger partial charge < -0.3 is 30.4 Å². The molecule has 0 bridgehead atoms. The molecular formula is C34H52N6O18P2. The highest BCUT2D eigenvalue weighted by Gasteiger charge is 2.60. The van der Waals surface area contributed by atoms with Crippen molar-refractivity contribution in [3.05, 3.63) is 66.2 Å². The summed E-state index contributed by atoms with van der Waals surface area (Å²) in [5, 5.41) is 0. The van der Waals surface area contributed by atoms with Crippen LogP contribution in [0.25, 0.3) is 0 Å². The van der Waals surface area contributed by atoms with Gasteiger partial charge in [-0.1, -0.05) is 6.42 Å². The van der Waals surface area contributed by atoms with Crippen LogP contribution in [0.1, 0.15) is 79.7 Å². The van der Waals surface area contributed by atoms with E-state index < -0.39 is 98.7 Å². The van der Waals surface area contributed by atoms with Crippen LogP contribution in [0, 0.1) is 0 Å². The molecule has 10 atom stereocenters. The number of hydrogen-bond acceptors (Lipinski definition) is 20. The van der Waals surface area contributed by atoms with Crippen LogP contribution < -0.4 is 34.0 Å². The highest BCUT2D eigenvalue weighted by atomic mass is 31.2. The SMILES string of the molecule is CC(C)OC(=O)CCCCCO[P@]1(=O)OC[C@H]2O[C@@H](n3ccc(=O)[nH]c3=O)[C@](C)(N)[C@@H]2O1.CC(C)OC(=O)COP1(=O)OC[C@H]2O[C@@H](n3ccc(=O)[nH]c3=O)[C@](C)(N)[C@@H]2O1. The molecule has 336 valence electrons. The standard InChI is InChI=1S/C19H30N3O9P.C15H22N3O9P/c1-12(2)29-15(24)7-5-4-6-10-27-32(26)28-11-13-16(31-32)19(3,20)17(30-13)22-9-8-14(23)21-18(22)25;1-8(2)25-11(20)7-24-28(22)23-6-9-12(27-28)15(3,16)13(26-9)18-5-4-10(19)17-14(18)21/h8-9,12-13,16-17H,4-7,10-11,20H2,1-3H3,(H,21,23,25);4-5,8-9,12-13H,6-7,16H2,1-3H3,(H,17,19,21)/t13-,16-,17-,19-,32-;9-,12-,13-,15-,28?/m11/s1. The molecule has 6 rings (SSSR count). The zero-order valence-corrected chi connectivity index (χ0v) is 35.7. The Labute approximate surface area is 342 Å². The molecule has 0 aromatic carbocycles. The topological polar surface area (TPSA) is 322 Å². The number of carbonyl (C=O) groups is 2.